The van der Waals surface area contributed by atoms with Gasteiger partial charge in [-0.05, 0) is 19.3 Å². The van der Waals surface area contributed by atoms with Crippen LogP contribution in [0, 0.1) is 0 Å². The van der Waals surface area contributed by atoms with Crippen LogP contribution in [-0.2, 0) is 14.8 Å². The molecule has 2 N–H and O–H groups in total. The van der Waals surface area contributed by atoms with Crippen LogP contribution in [0.5, 0.6) is 0 Å². The molecule has 0 radical (unpaired) electrons. The number of nitrogens with zero attached hydrogens (tertiary/aromatic N) is 2. The molecule has 0 saturated carbocycles. The summed E-state index contributed by atoms with van der Waals surface area (Å²) in [6.45, 7) is 5.14. The average molecular weight is 320 g/mol. The van der Waals surface area contributed by atoms with E-state index in [1.54, 1.807) is 7.05 Å². The Kier molecular flexibility index (Phi) is 7.98. The number of nitrogens with one attached hydrogen (secondary N) is 2. The SMILES string of the molecule is CCN(CCCNC(=NC)NCC1CCCO1)S(C)(=O)=O. The van der Waals surface area contributed by atoms with Gasteiger partial charge in [-0.25, -0.2) is 12.7 Å². The van der Waals surface area contributed by atoms with Gasteiger partial charge in [-0.2, -0.15) is 0 Å². The van der Waals surface area contributed by atoms with Crippen LogP contribution in [0.25, 0.3) is 0 Å². The van der Waals surface area contributed by atoms with Crippen LogP contribution in [0.2, 0.25) is 0 Å². The van der Waals surface area contributed by atoms with E-state index >= 15 is 0 Å². The fourth-order valence-electron chi connectivity index (χ4n) is 2.26. The lowest BCUT2D eigenvalue weighted by Gasteiger charge is -2.18. The van der Waals surface area contributed by atoms with Crippen molar-refractivity contribution >= 4 is 16.0 Å². The number of guanidine groups is 1. The van der Waals surface area contributed by atoms with Crippen molar-refractivity contribution < 1.29 is 13.2 Å². The minimum atomic E-state index is -3.10. The standard InChI is InChI=1S/C13H28N4O3S/c1-4-17(21(3,18)19)9-6-8-15-13(14-2)16-11-12-7-5-10-20-12/h12H,4-11H2,1-3H3,(H2,14,15,16). The van der Waals surface area contributed by atoms with E-state index in [-0.39, 0.29) is 6.10 Å². The molecule has 0 aromatic rings. The molecule has 0 amide bonds. The quantitative estimate of drug-likeness (QED) is 0.374. The number of hydrogen-bond donors (Lipinski definition) is 2. The summed E-state index contributed by atoms with van der Waals surface area (Å²) in [5, 5.41) is 6.41. The van der Waals surface area contributed by atoms with Gasteiger partial charge >= 0.3 is 0 Å². The summed E-state index contributed by atoms with van der Waals surface area (Å²) >= 11 is 0. The average Bonchev–Trinajstić information content (AvgIpc) is 2.93. The van der Waals surface area contributed by atoms with Crippen molar-refractivity contribution in [3.05, 3.63) is 0 Å². The molecular weight excluding hydrogens is 292 g/mol. The molecule has 1 rings (SSSR count). The third-order valence-corrected chi connectivity index (χ3v) is 4.82. The van der Waals surface area contributed by atoms with Gasteiger partial charge in [0.05, 0.1) is 12.4 Å². The summed E-state index contributed by atoms with van der Waals surface area (Å²) in [5.74, 6) is 0.730. The van der Waals surface area contributed by atoms with Crippen LogP contribution in [0.4, 0.5) is 0 Å². The van der Waals surface area contributed by atoms with Gasteiger partial charge in [0.1, 0.15) is 0 Å². The third-order valence-electron chi connectivity index (χ3n) is 3.44. The fraction of sp³-hybridized carbons (Fsp3) is 0.923. The molecule has 1 aliphatic heterocycles. The highest BCUT2D eigenvalue weighted by molar-refractivity contribution is 7.88. The van der Waals surface area contributed by atoms with Crippen LogP contribution < -0.4 is 10.6 Å². The second-order valence-electron chi connectivity index (χ2n) is 5.12. The molecule has 0 bridgehead atoms. The van der Waals surface area contributed by atoms with Gasteiger partial charge < -0.3 is 15.4 Å². The normalized spacial score (nSPS) is 20.0. The summed E-state index contributed by atoms with van der Waals surface area (Å²) in [7, 11) is -1.38. The number of hydrogen-bond acceptors (Lipinski definition) is 4. The maximum Gasteiger partial charge on any atom is 0.211 e. The van der Waals surface area contributed by atoms with Crippen molar-refractivity contribution in [2.24, 2.45) is 4.99 Å². The number of aliphatic imine (C=N–C) groups is 1. The van der Waals surface area contributed by atoms with E-state index in [0.717, 1.165) is 38.4 Å². The molecule has 0 aromatic heterocycles. The van der Waals surface area contributed by atoms with Gasteiger partial charge in [0.25, 0.3) is 0 Å². The summed E-state index contributed by atoms with van der Waals surface area (Å²) in [6.07, 6.45) is 4.46. The maximum atomic E-state index is 11.5. The molecule has 1 heterocycles. The first-order chi connectivity index (χ1) is 9.97. The highest BCUT2D eigenvalue weighted by Gasteiger charge is 2.16. The highest BCUT2D eigenvalue weighted by atomic mass is 32.2. The van der Waals surface area contributed by atoms with Gasteiger partial charge in [0, 0.05) is 39.8 Å². The first kappa shape index (κ1) is 18.2. The minimum absolute atomic E-state index is 0.268. The molecule has 1 aliphatic rings. The van der Waals surface area contributed by atoms with Crippen molar-refractivity contribution in [1.29, 1.82) is 0 Å². The highest BCUT2D eigenvalue weighted by Crippen LogP contribution is 2.10. The topological polar surface area (TPSA) is 83.0 Å². The minimum Gasteiger partial charge on any atom is -0.376 e. The van der Waals surface area contributed by atoms with E-state index in [1.165, 1.54) is 10.6 Å². The van der Waals surface area contributed by atoms with Crippen LogP contribution in [-0.4, -0.2) is 70.9 Å². The molecule has 0 spiro atoms. The lowest BCUT2D eigenvalue weighted by Crippen LogP contribution is -2.42. The molecule has 1 unspecified atom stereocenters. The van der Waals surface area contributed by atoms with E-state index in [9.17, 15) is 8.42 Å². The largest absolute Gasteiger partial charge is 0.376 e. The predicted octanol–water partition coefficient (Wildman–Crippen LogP) is 0.00200. The Hall–Kier alpha value is -0.860. The molecule has 0 aliphatic carbocycles. The molecule has 21 heavy (non-hydrogen) atoms. The smallest absolute Gasteiger partial charge is 0.211 e. The Bertz CT molecular complexity index is 419. The monoisotopic (exact) mass is 320 g/mol. The van der Waals surface area contributed by atoms with E-state index in [1.807, 2.05) is 6.92 Å². The Labute approximate surface area is 128 Å². The van der Waals surface area contributed by atoms with Crippen molar-refractivity contribution in [3.8, 4) is 0 Å². The second-order valence-corrected chi connectivity index (χ2v) is 7.11. The summed E-state index contributed by atoms with van der Waals surface area (Å²) in [5.41, 5.74) is 0. The maximum absolute atomic E-state index is 11.5. The molecule has 1 fully saturated rings. The fourth-order valence-corrected chi connectivity index (χ4v) is 3.19. The summed E-state index contributed by atoms with van der Waals surface area (Å²) in [6, 6.07) is 0. The number of ether oxygens (including phenoxy) is 1. The van der Waals surface area contributed by atoms with E-state index in [4.69, 9.17) is 4.74 Å². The van der Waals surface area contributed by atoms with Crippen molar-refractivity contribution in [2.75, 3.05) is 46.1 Å². The van der Waals surface area contributed by atoms with Gasteiger partial charge in [-0.1, -0.05) is 6.92 Å². The second kappa shape index (κ2) is 9.22. The molecular formula is C13H28N4O3S. The first-order valence-corrected chi connectivity index (χ1v) is 9.33. The van der Waals surface area contributed by atoms with Crippen molar-refractivity contribution in [2.45, 2.75) is 32.3 Å². The van der Waals surface area contributed by atoms with Gasteiger partial charge in [-0.15, -0.1) is 0 Å². The van der Waals surface area contributed by atoms with Gasteiger partial charge in [-0.3, -0.25) is 4.99 Å². The Morgan fingerprint density at radius 3 is 2.71 bits per heavy atom. The van der Waals surface area contributed by atoms with Crippen LogP contribution in [0.15, 0.2) is 4.99 Å². The Balaban J connectivity index is 2.19. The van der Waals surface area contributed by atoms with E-state index in [0.29, 0.717) is 19.6 Å². The Morgan fingerprint density at radius 2 is 2.19 bits per heavy atom. The molecule has 1 saturated heterocycles. The molecule has 124 valence electrons. The Morgan fingerprint density at radius 1 is 1.43 bits per heavy atom. The van der Waals surface area contributed by atoms with Gasteiger partial charge in [0.2, 0.25) is 10.0 Å². The summed E-state index contributed by atoms with van der Waals surface area (Å²) in [4.78, 5) is 4.14. The number of sulfonamides is 1. The zero-order valence-corrected chi connectivity index (χ0v) is 14.1. The summed E-state index contributed by atoms with van der Waals surface area (Å²) < 4.78 is 29.9. The van der Waals surface area contributed by atoms with Gasteiger partial charge in [0.15, 0.2) is 5.96 Å². The third kappa shape index (κ3) is 7.10. The molecule has 7 nitrogen and oxygen atoms in total. The van der Waals surface area contributed by atoms with Crippen LogP contribution in [0.1, 0.15) is 26.2 Å². The zero-order chi connectivity index (χ0) is 15.7. The van der Waals surface area contributed by atoms with Crippen molar-refractivity contribution in [3.63, 3.8) is 0 Å². The zero-order valence-electron chi connectivity index (χ0n) is 13.3. The molecule has 8 heteroatoms. The first-order valence-electron chi connectivity index (χ1n) is 7.48. The lowest BCUT2D eigenvalue weighted by molar-refractivity contribution is 0.114. The molecule has 0 aromatic carbocycles. The number of rotatable bonds is 8. The van der Waals surface area contributed by atoms with E-state index < -0.39 is 10.0 Å². The van der Waals surface area contributed by atoms with E-state index in [2.05, 4.69) is 15.6 Å². The molecule has 1 atom stereocenters. The van der Waals surface area contributed by atoms with Crippen LogP contribution >= 0.6 is 0 Å². The predicted molar refractivity (Wildman–Crippen MR) is 85.0 cm³/mol. The van der Waals surface area contributed by atoms with Crippen molar-refractivity contribution in [1.82, 2.24) is 14.9 Å². The van der Waals surface area contributed by atoms with Crippen LogP contribution in [0.3, 0.4) is 0 Å². The lowest BCUT2D eigenvalue weighted by atomic mass is 10.2.